The monoisotopic (exact) mass is 395 g/mol. The minimum atomic E-state index is -0.695. The van der Waals surface area contributed by atoms with Crippen molar-refractivity contribution < 1.29 is 19.1 Å². The van der Waals surface area contributed by atoms with E-state index in [1.54, 1.807) is 24.3 Å². The maximum atomic E-state index is 12.7. The molecule has 0 saturated carbocycles. The molecule has 0 aliphatic carbocycles. The highest BCUT2D eigenvalue weighted by Crippen LogP contribution is 2.25. The molecule has 4 amide bonds. The van der Waals surface area contributed by atoms with Crippen molar-refractivity contribution in [2.75, 3.05) is 11.9 Å². The third-order valence-corrected chi connectivity index (χ3v) is 4.83. The fourth-order valence-electron chi connectivity index (χ4n) is 3.29. The largest absolute Gasteiger partial charge is 0.494 e. The molecule has 1 aliphatic rings. The maximum Gasteiger partial charge on any atom is 0.325 e. The second kappa shape index (κ2) is 9.23. The summed E-state index contributed by atoms with van der Waals surface area (Å²) in [4.78, 5) is 38.5. The van der Waals surface area contributed by atoms with E-state index in [0.29, 0.717) is 12.3 Å². The van der Waals surface area contributed by atoms with Crippen LogP contribution in [0.3, 0.4) is 0 Å². The minimum Gasteiger partial charge on any atom is -0.494 e. The molecule has 2 N–H and O–H groups in total. The Morgan fingerprint density at radius 2 is 1.83 bits per heavy atom. The molecule has 3 rings (SSSR count). The lowest BCUT2D eigenvalue weighted by Crippen LogP contribution is -2.34. The van der Waals surface area contributed by atoms with Crippen molar-refractivity contribution >= 4 is 23.5 Å². The lowest BCUT2D eigenvalue weighted by molar-refractivity contribution is -0.129. The highest BCUT2D eigenvalue weighted by molar-refractivity contribution is 6.05. The lowest BCUT2D eigenvalue weighted by Gasteiger charge is -2.21. The van der Waals surface area contributed by atoms with Crippen molar-refractivity contribution in [3.05, 3.63) is 60.2 Å². The second-order valence-electron chi connectivity index (χ2n) is 6.84. The van der Waals surface area contributed by atoms with Crippen LogP contribution in [-0.4, -0.2) is 35.4 Å². The molecule has 0 bridgehead atoms. The first-order valence-electron chi connectivity index (χ1n) is 9.70. The van der Waals surface area contributed by atoms with E-state index in [-0.39, 0.29) is 30.7 Å². The number of nitrogens with one attached hydrogen (secondary N) is 2. The molecular formula is C22H25N3O4. The Balaban J connectivity index is 1.53. The van der Waals surface area contributed by atoms with Crippen LogP contribution in [0.25, 0.3) is 0 Å². The number of benzene rings is 2. The van der Waals surface area contributed by atoms with Gasteiger partial charge in [-0.15, -0.1) is 0 Å². The summed E-state index contributed by atoms with van der Waals surface area (Å²) in [5.74, 6) is 0.211. The number of rotatable bonds is 8. The number of hydrogen-bond donors (Lipinski definition) is 2. The average molecular weight is 395 g/mol. The summed E-state index contributed by atoms with van der Waals surface area (Å²) in [6, 6.07) is 15.0. The van der Waals surface area contributed by atoms with Crippen LogP contribution in [0.4, 0.5) is 10.5 Å². The van der Waals surface area contributed by atoms with Crippen molar-refractivity contribution in [3.8, 4) is 5.75 Å². The molecule has 1 heterocycles. The Morgan fingerprint density at radius 1 is 1.14 bits per heavy atom. The first-order valence-corrected chi connectivity index (χ1v) is 9.70. The number of carbonyl (C=O) groups excluding carboxylic acids is 3. The minimum absolute atomic E-state index is 0.122. The summed E-state index contributed by atoms with van der Waals surface area (Å²) in [6.45, 7) is 4.29. The Hall–Kier alpha value is -3.35. The summed E-state index contributed by atoms with van der Waals surface area (Å²) in [5, 5.41) is 5.48. The van der Waals surface area contributed by atoms with Crippen LogP contribution >= 0.6 is 0 Å². The van der Waals surface area contributed by atoms with E-state index < -0.39 is 12.1 Å². The van der Waals surface area contributed by atoms with E-state index in [2.05, 4.69) is 10.6 Å². The summed E-state index contributed by atoms with van der Waals surface area (Å²) < 4.78 is 5.37. The van der Waals surface area contributed by atoms with Crippen LogP contribution in [0.2, 0.25) is 0 Å². The van der Waals surface area contributed by atoms with Crippen LogP contribution in [0.15, 0.2) is 54.6 Å². The number of ether oxygens (including phenoxy) is 1. The molecule has 1 saturated heterocycles. The standard InChI is InChI=1S/C22H25N3O4/c1-3-29-18-11-9-17(10-12-18)23-20(26)14-13-19-21(27)25(22(28)24-19)15(2)16-7-5-4-6-8-16/h4-12,15,19H,3,13-14H2,1-2H3,(H,23,26)(H,24,28)/t15-,19+/m1/s1. The molecule has 2 aromatic rings. The normalized spacial score (nSPS) is 17.0. The number of imide groups is 1. The first-order chi connectivity index (χ1) is 14.0. The SMILES string of the molecule is CCOc1ccc(NC(=O)CC[C@@H]2NC(=O)N([C@H](C)c3ccccc3)C2=O)cc1. The van der Waals surface area contributed by atoms with Gasteiger partial charge in [0.15, 0.2) is 0 Å². The number of hydrogen-bond acceptors (Lipinski definition) is 4. The van der Waals surface area contributed by atoms with Gasteiger partial charge in [-0.05, 0) is 50.1 Å². The number of urea groups is 1. The highest BCUT2D eigenvalue weighted by atomic mass is 16.5. The van der Waals surface area contributed by atoms with E-state index in [0.717, 1.165) is 11.3 Å². The fraction of sp³-hybridized carbons (Fsp3) is 0.318. The molecule has 0 radical (unpaired) electrons. The Kier molecular flexibility index (Phi) is 6.49. The smallest absolute Gasteiger partial charge is 0.325 e. The van der Waals surface area contributed by atoms with E-state index in [1.807, 2.05) is 44.2 Å². The molecule has 1 aliphatic heterocycles. The van der Waals surface area contributed by atoms with Gasteiger partial charge in [-0.25, -0.2) is 4.79 Å². The van der Waals surface area contributed by atoms with Gasteiger partial charge in [0.2, 0.25) is 5.91 Å². The predicted octanol–water partition coefficient (Wildman–Crippen LogP) is 3.49. The van der Waals surface area contributed by atoms with Crippen molar-refractivity contribution in [2.24, 2.45) is 0 Å². The molecule has 7 nitrogen and oxygen atoms in total. The van der Waals surface area contributed by atoms with Crippen LogP contribution in [0.1, 0.15) is 38.3 Å². The molecule has 2 atom stereocenters. The van der Waals surface area contributed by atoms with Crippen LogP contribution < -0.4 is 15.4 Å². The number of anilines is 1. The topological polar surface area (TPSA) is 87.7 Å². The molecule has 2 aromatic carbocycles. The third-order valence-electron chi connectivity index (χ3n) is 4.83. The van der Waals surface area contributed by atoms with Gasteiger partial charge in [0.25, 0.3) is 5.91 Å². The number of amides is 4. The molecule has 0 aromatic heterocycles. The Morgan fingerprint density at radius 3 is 2.48 bits per heavy atom. The van der Waals surface area contributed by atoms with Crippen molar-refractivity contribution in [2.45, 2.75) is 38.8 Å². The number of nitrogens with zero attached hydrogens (tertiary/aromatic N) is 1. The summed E-state index contributed by atoms with van der Waals surface area (Å²) in [5.41, 5.74) is 1.53. The summed E-state index contributed by atoms with van der Waals surface area (Å²) in [7, 11) is 0. The highest BCUT2D eigenvalue weighted by Gasteiger charge is 2.40. The quantitative estimate of drug-likeness (QED) is 0.670. The van der Waals surface area contributed by atoms with Gasteiger partial charge in [0.1, 0.15) is 11.8 Å². The van der Waals surface area contributed by atoms with Gasteiger partial charge in [-0.2, -0.15) is 0 Å². The number of carbonyl (C=O) groups is 3. The average Bonchev–Trinajstić information content (AvgIpc) is 3.01. The zero-order valence-corrected chi connectivity index (χ0v) is 16.6. The maximum absolute atomic E-state index is 12.7. The fourth-order valence-corrected chi connectivity index (χ4v) is 3.29. The van der Waals surface area contributed by atoms with Gasteiger partial charge in [-0.3, -0.25) is 14.5 Å². The van der Waals surface area contributed by atoms with Crippen LogP contribution in [0.5, 0.6) is 5.75 Å². The molecular weight excluding hydrogens is 370 g/mol. The van der Waals surface area contributed by atoms with E-state index >= 15 is 0 Å². The van der Waals surface area contributed by atoms with Gasteiger partial charge < -0.3 is 15.4 Å². The molecule has 7 heteroatoms. The molecule has 0 spiro atoms. The van der Waals surface area contributed by atoms with Gasteiger partial charge in [0, 0.05) is 12.1 Å². The van der Waals surface area contributed by atoms with E-state index in [9.17, 15) is 14.4 Å². The van der Waals surface area contributed by atoms with Crippen LogP contribution in [-0.2, 0) is 9.59 Å². The van der Waals surface area contributed by atoms with Crippen LogP contribution in [0, 0.1) is 0 Å². The Labute approximate surface area is 170 Å². The molecule has 0 unspecified atom stereocenters. The van der Waals surface area contributed by atoms with E-state index in [4.69, 9.17) is 4.74 Å². The third kappa shape index (κ3) is 4.93. The van der Waals surface area contributed by atoms with Crippen molar-refractivity contribution in [3.63, 3.8) is 0 Å². The molecule has 29 heavy (non-hydrogen) atoms. The van der Waals surface area contributed by atoms with E-state index in [1.165, 1.54) is 4.90 Å². The zero-order valence-electron chi connectivity index (χ0n) is 16.6. The first kappa shape index (κ1) is 20.4. The zero-order chi connectivity index (χ0) is 20.8. The summed E-state index contributed by atoms with van der Waals surface area (Å²) in [6.07, 6.45) is 0.364. The van der Waals surface area contributed by atoms with Gasteiger partial charge in [-0.1, -0.05) is 30.3 Å². The Bertz CT molecular complexity index is 867. The van der Waals surface area contributed by atoms with Crippen molar-refractivity contribution in [1.29, 1.82) is 0 Å². The second-order valence-corrected chi connectivity index (χ2v) is 6.84. The van der Waals surface area contributed by atoms with Crippen molar-refractivity contribution in [1.82, 2.24) is 10.2 Å². The summed E-state index contributed by atoms with van der Waals surface area (Å²) >= 11 is 0. The van der Waals surface area contributed by atoms with Gasteiger partial charge in [0.05, 0.1) is 12.6 Å². The molecule has 152 valence electrons. The molecule has 1 fully saturated rings. The lowest BCUT2D eigenvalue weighted by atomic mass is 10.1. The predicted molar refractivity (Wildman–Crippen MR) is 109 cm³/mol. The van der Waals surface area contributed by atoms with Gasteiger partial charge >= 0.3 is 6.03 Å².